The first-order chi connectivity index (χ1) is 11.6. The van der Waals surface area contributed by atoms with Crippen LogP contribution in [0.2, 0.25) is 0 Å². The maximum atomic E-state index is 12.8. The van der Waals surface area contributed by atoms with Crippen molar-refractivity contribution in [3.63, 3.8) is 0 Å². The molecule has 0 radical (unpaired) electrons. The van der Waals surface area contributed by atoms with Gasteiger partial charge in [-0.1, -0.05) is 18.2 Å². The monoisotopic (exact) mass is 327 g/mol. The Morgan fingerprint density at radius 3 is 2.42 bits per heavy atom. The first-order valence-corrected chi connectivity index (χ1v) is 7.96. The van der Waals surface area contributed by atoms with Gasteiger partial charge in [0.25, 0.3) is 5.91 Å². The van der Waals surface area contributed by atoms with Crippen LogP contribution in [0.15, 0.2) is 36.5 Å². The number of aromatic nitrogens is 2. The van der Waals surface area contributed by atoms with E-state index in [9.17, 15) is 9.59 Å². The molecule has 0 spiro atoms. The molecule has 1 aromatic carbocycles. The zero-order valence-electron chi connectivity index (χ0n) is 13.7. The number of para-hydroxylation sites is 1. The van der Waals surface area contributed by atoms with Crippen LogP contribution in [0, 0.1) is 6.92 Å². The van der Waals surface area contributed by atoms with Gasteiger partial charge in [-0.05, 0) is 19.1 Å². The maximum absolute atomic E-state index is 12.8. The summed E-state index contributed by atoms with van der Waals surface area (Å²) in [6.45, 7) is 4.62. The van der Waals surface area contributed by atoms with E-state index in [2.05, 4.69) is 5.10 Å². The standard InChI is InChI=1S/C17H21N5O2/c1-13-15(11-19-22(13)14-5-3-2-4-6-14)17(24)21-9-7-20(8-10-21)12-16(18)23/h2-6,11H,7-10,12H2,1H3,(H2,18,23). The summed E-state index contributed by atoms with van der Waals surface area (Å²) >= 11 is 0. The highest BCUT2D eigenvalue weighted by molar-refractivity contribution is 5.95. The topological polar surface area (TPSA) is 84.5 Å². The summed E-state index contributed by atoms with van der Waals surface area (Å²) in [7, 11) is 0. The van der Waals surface area contributed by atoms with Crippen molar-refractivity contribution in [2.75, 3.05) is 32.7 Å². The van der Waals surface area contributed by atoms with Gasteiger partial charge in [-0.3, -0.25) is 14.5 Å². The van der Waals surface area contributed by atoms with E-state index in [0.29, 0.717) is 31.7 Å². The van der Waals surface area contributed by atoms with Crippen LogP contribution in [0.3, 0.4) is 0 Å². The van der Waals surface area contributed by atoms with Crippen LogP contribution in [0.1, 0.15) is 16.1 Å². The number of nitrogens with zero attached hydrogens (tertiary/aromatic N) is 4. The molecule has 0 aliphatic carbocycles. The van der Waals surface area contributed by atoms with Crippen LogP contribution >= 0.6 is 0 Å². The summed E-state index contributed by atoms with van der Waals surface area (Å²) < 4.78 is 1.77. The predicted molar refractivity (Wildman–Crippen MR) is 89.8 cm³/mol. The smallest absolute Gasteiger partial charge is 0.257 e. The molecule has 1 saturated heterocycles. The number of primary amides is 1. The molecule has 3 rings (SSSR count). The largest absolute Gasteiger partial charge is 0.369 e. The molecule has 7 nitrogen and oxygen atoms in total. The summed E-state index contributed by atoms with van der Waals surface area (Å²) in [5, 5.41) is 4.35. The summed E-state index contributed by atoms with van der Waals surface area (Å²) in [4.78, 5) is 27.5. The fourth-order valence-corrected chi connectivity index (χ4v) is 2.95. The molecule has 0 saturated carbocycles. The van der Waals surface area contributed by atoms with E-state index in [1.165, 1.54) is 0 Å². The third kappa shape index (κ3) is 3.30. The Morgan fingerprint density at radius 2 is 1.79 bits per heavy atom. The number of nitrogens with two attached hydrogens (primary N) is 1. The number of carbonyl (C=O) groups excluding carboxylic acids is 2. The highest BCUT2D eigenvalue weighted by Crippen LogP contribution is 2.16. The third-order valence-electron chi connectivity index (χ3n) is 4.28. The minimum absolute atomic E-state index is 0.0200. The Balaban J connectivity index is 1.71. The predicted octanol–water partition coefficient (Wildman–Crippen LogP) is 0.424. The van der Waals surface area contributed by atoms with E-state index in [4.69, 9.17) is 5.73 Å². The average Bonchev–Trinajstić information content (AvgIpc) is 2.97. The molecule has 2 aromatic rings. The average molecular weight is 327 g/mol. The second-order valence-corrected chi connectivity index (χ2v) is 5.93. The van der Waals surface area contributed by atoms with Gasteiger partial charge in [0.2, 0.25) is 5.91 Å². The number of hydrogen-bond acceptors (Lipinski definition) is 4. The van der Waals surface area contributed by atoms with Crippen LogP contribution in [-0.4, -0.2) is 64.1 Å². The Kier molecular flexibility index (Phi) is 4.61. The van der Waals surface area contributed by atoms with E-state index in [-0.39, 0.29) is 18.4 Å². The number of piperazine rings is 1. The first-order valence-electron chi connectivity index (χ1n) is 7.96. The molecule has 1 aliphatic heterocycles. The molecule has 0 bridgehead atoms. The Bertz CT molecular complexity index is 733. The molecule has 2 amide bonds. The van der Waals surface area contributed by atoms with Crippen molar-refractivity contribution >= 4 is 11.8 Å². The van der Waals surface area contributed by atoms with Crippen molar-refractivity contribution in [2.45, 2.75) is 6.92 Å². The van der Waals surface area contributed by atoms with Gasteiger partial charge in [0.05, 0.1) is 29.7 Å². The summed E-state index contributed by atoms with van der Waals surface area (Å²) in [5.41, 5.74) is 7.58. The van der Waals surface area contributed by atoms with Crippen LogP contribution in [0.25, 0.3) is 5.69 Å². The van der Waals surface area contributed by atoms with E-state index in [0.717, 1.165) is 11.4 Å². The molecule has 126 valence electrons. The van der Waals surface area contributed by atoms with Crippen molar-refractivity contribution in [1.82, 2.24) is 19.6 Å². The molecule has 24 heavy (non-hydrogen) atoms. The van der Waals surface area contributed by atoms with Gasteiger partial charge in [-0.2, -0.15) is 5.10 Å². The molecule has 1 fully saturated rings. The lowest BCUT2D eigenvalue weighted by molar-refractivity contribution is -0.119. The van der Waals surface area contributed by atoms with Gasteiger partial charge in [0, 0.05) is 26.2 Å². The molecular weight excluding hydrogens is 306 g/mol. The lowest BCUT2D eigenvalue weighted by atomic mass is 10.2. The fraction of sp³-hybridized carbons (Fsp3) is 0.353. The molecule has 2 N–H and O–H groups in total. The minimum atomic E-state index is -0.338. The SMILES string of the molecule is Cc1c(C(=O)N2CCN(CC(N)=O)CC2)cnn1-c1ccccc1. The van der Waals surface area contributed by atoms with Crippen molar-refractivity contribution in [1.29, 1.82) is 0 Å². The zero-order chi connectivity index (χ0) is 17.1. The second kappa shape index (κ2) is 6.84. The van der Waals surface area contributed by atoms with Crippen LogP contribution in [0.5, 0.6) is 0 Å². The van der Waals surface area contributed by atoms with Crippen molar-refractivity contribution in [3.05, 3.63) is 47.8 Å². The highest BCUT2D eigenvalue weighted by atomic mass is 16.2. The number of amides is 2. The van der Waals surface area contributed by atoms with E-state index in [1.54, 1.807) is 15.8 Å². The normalized spacial score (nSPS) is 15.5. The number of carbonyl (C=O) groups is 2. The van der Waals surface area contributed by atoms with Gasteiger partial charge < -0.3 is 10.6 Å². The maximum Gasteiger partial charge on any atom is 0.257 e. The second-order valence-electron chi connectivity index (χ2n) is 5.93. The minimum Gasteiger partial charge on any atom is -0.369 e. The molecule has 0 atom stereocenters. The van der Waals surface area contributed by atoms with Crippen LogP contribution in [-0.2, 0) is 4.79 Å². The van der Waals surface area contributed by atoms with Crippen LogP contribution < -0.4 is 5.73 Å². The number of hydrogen-bond donors (Lipinski definition) is 1. The molecule has 2 heterocycles. The molecule has 0 unspecified atom stereocenters. The number of benzene rings is 1. The lowest BCUT2D eigenvalue weighted by Gasteiger charge is -2.33. The highest BCUT2D eigenvalue weighted by Gasteiger charge is 2.25. The fourth-order valence-electron chi connectivity index (χ4n) is 2.95. The van der Waals surface area contributed by atoms with Crippen molar-refractivity contribution < 1.29 is 9.59 Å². The van der Waals surface area contributed by atoms with Gasteiger partial charge >= 0.3 is 0 Å². The molecule has 1 aliphatic rings. The van der Waals surface area contributed by atoms with Crippen molar-refractivity contribution in [2.24, 2.45) is 5.73 Å². The van der Waals surface area contributed by atoms with Crippen LogP contribution in [0.4, 0.5) is 0 Å². The number of rotatable bonds is 4. The summed E-state index contributed by atoms with van der Waals surface area (Å²) in [6.07, 6.45) is 1.63. The summed E-state index contributed by atoms with van der Waals surface area (Å²) in [5.74, 6) is -0.358. The quantitative estimate of drug-likeness (QED) is 0.882. The molecular formula is C17H21N5O2. The zero-order valence-corrected chi connectivity index (χ0v) is 13.7. The van der Waals surface area contributed by atoms with E-state index < -0.39 is 0 Å². The van der Waals surface area contributed by atoms with Gasteiger partial charge in [0.15, 0.2) is 0 Å². The van der Waals surface area contributed by atoms with E-state index >= 15 is 0 Å². The Hall–Kier alpha value is -2.67. The Labute approximate surface area is 140 Å². The molecule has 7 heteroatoms. The molecule has 1 aromatic heterocycles. The summed E-state index contributed by atoms with van der Waals surface area (Å²) in [6, 6.07) is 9.74. The van der Waals surface area contributed by atoms with Crippen molar-refractivity contribution in [3.8, 4) is 5.69 Å². The van der Waals surface area contributed by atoms with Gasteiger partial charge in [-0.25, -0.2) is 4.68 Å². The third-order valence-corrected chi connectivity index (χ3v) is 4.28. The van der Waals surface area contributed by atoms with E-state index in [1.807, 2.05) is 42.2 Å². The Morgan fingerprint density at radius 1 is 1.12 bits per heavy atom. The lowest BCUT2D eigenvalue weighted by Crippen LogP contribution is -2.50. The van der Waals surface area contributed by atoms with Gasteiger partial charge in [-0.15, -0.1) is 0 Å². The first kappa shape index (κ1) is 16.2. The van der Waals surface area contributed by atoms with Gasteiger partial charge in [0.1, 0.15) is 0 Å².